The number of guanidine groups is 1. The molecule has 53 heavy (non-hydrogen) atoms. The molecule has 0 unspecified atom stereocenters. The minimum atomic E-state index is -1.78. The Bertz CT molecular complexity index is 1340. The number of aliphatic imine (C=N–C) groups is 1. The molecule has 300 valence electrons. The highest BCUT2D eigenvalue weighted by molar-refractivity contribution is 5.96. The summed E-state index contributed by atoms with van der Waals surface area (Å²) in [5, 5.41) is 68.8. The monoisotopic (exact) mass is 764 g/mol. The number of carbonyl (C=O) groups excluding carboxylic acids is 6. The van der Waals surface area contributed by atoms with Gasteiger partial charge in [0.1, 0.15) is 36.3 Å². The Kier molecular flexibility index (Phi) is 21.9. The molecule has 0 radical (unpaired) electrons. The number of hydrogen-bond acceptors (Lipinski definition) is 14. The minimum absolute atomic E-state index is 0.0285. The van der Waals surface area contributed by atoms with Gasteiger partial charge in [-0.05, 0) is 32.6 Å². The number of nitrogens with two attached hydrogens (primary N) is 3. The van der Waals surface area contributed by atoms with Crippen molar-refractivity contribution in [3.63, 3.8) is 0 Å². The molecule has 0 rings (SSSR count). The van der Waals surface area contributed by atoms with Gasteiger partial charge in [-0.3, -0.25) is 43.3 Å². The first kappa shape index (κ1) is 47.3. The summed E-state index contributed by atoms with van der Waals surface area (Å²) < 4.78 is 0. The number of amides is 6. The summed E-state index contributed by atoms with van der Waals surface area (Å²) in [7, 11) is 0. The lowest BCUT2D eigenvalue weighted by Gasteiger charge is -2.25. The number of nitrogens with zero attached hydrogens (tertiary/aromatic N) is 1. The van der Waals surface area contributed by atoms with Gasteiger partial charge in [-0.25, -0.2) is 4.79 Å². The third-order valence-corrected chi connectivity index (χ3v) is 7.02. The van der Waals surface area contributed by atoms with Crippen LogP contribution in [0.3, 0.4) is 0 Å². The van der Waals surface area contributed by atoms with Crippen LogP contribution in [0.4, 0.5) is 0 Å². The molecule has 7 atom stereocenters. The third-order valence-electron chi connectivity index (χ3n) is 7.02. The van der Waals surface area contributed by atoms with Gasteiger partial charge in [0.05, 0.1) is 25.9 Å². The second kappa shape index (κ2) is 24.5. The molecule has 25 heteroatoms. The van der Waals surface area contributed by atoms with Crippen molar-refractivity contribution in [1.29, 1.82) is 0 Å². The molecule has 0 spiro atoms. The van der Waals surface area contributed by atoms with Crippen LogP contribution < -0.4 is 49.1 Å². The molecule has 0 aromatic rings. The first-order valence-corrected chi connectivity index (χ1v) is 15.9. The maximum Gasteiger partial charge on any atom is 0.326 e. The van der Waals surface area contributed by atoms with E-state index in [1.165, 1.54) is 6.92 Å². The summed E-state index contributed by atoms with van der Waals surface area (Å²) in [6.45, 7) is -1.78. The van der Waals surface area contributed by atoms with Gasteiger partial charge in [-0.1, -0.05) is 0 Å². The largest absolute Gasteiger partial charge is 0.481 e. The predicted molar refractivity (Wildman–Crippen MR) is 178 cm³/mol. The van der Waals surface area contributed by atoms with Crippen LogP contribution in [0.1, 0.15) is 45.4 Å². The van der Waals surface area contributed by atoms with Crippen molar-refractivity contribution < 1.29 is 73.8 Å². The number of carboxylic acid groups (broad SMARTS) is 3. The van der Waals surface area contributed by atoms with E-state index >= 15 is 0 Å². The first-order valence-electron chi connectivity index (χ1n) is 15.9. The number of aliphatic carboxylic acids is 3. The molecule has 0 aromatic carbocycles. The molecular weight excluding hydrogens is 716 g/mol. The lowest BCUT2D eigenvalue weighted by molar-refractivity contribution is -0.143. The summed E-state index contributed by atoms with van der Waals surface area (Å²) in [5.74, 6) is -11.1. The smallest absolute Gasteiger partial charge is 0.326 e. The van der Waals surface area contributed by atoms with E-state index in [4.69, 9.17) is 27.4 Å². The summed E-state index contributed by atoms with van der Waals surface area (Å²) in [6, 6.07) is -9.73. The van der Waals surface area contributed by atoms with E-state index in [9.17, 15) is 63.6 Å². The molecule has 6 amide bonds. The fraction of sp³-hybridized carbons (Fsp3) is 0.643. The van der Waals surface area contributed by atoms with Gasteiger partial charge < -0.3 is 79.7 Å². The quantitative estimate of drug-likeness (QED) is 0.0221. The Morgan fingerprint density at radius 3 is 1.53 bits per heavy atom. The van der Waals surface area contributed by atoms with Crippen molar-refractivity contribution in [3.05, 3.63) is 0 Å². The zero-order chi connectivity index (χ0) is 40.8. The van der Waals surface area contributed by atoms with E-state index in [-0.39, 0.29) is 25.3 Å². The molecule has 0 heterocycles. The number of carbonyl (C=O) groups is 9. The molecule has 18 N–H and O–H groups in total. The second-order valence-corrected chi connectivity index (χ2v) is 11.4. The molecule has 25 nitrogen and oxygen atoms in total. The van der Waals surface area contributed by atoms with E-state index in [0.29, 0.717) is 0 Å². The Balaban J connectivity index is 5.75. The van der Waals surface area contributed by atoms with Gasteiger partial charge in [0.2, 0.25) is 35.4 Å². The molecule has 0 aliphatic carbocycles. The highest BCUT2D eigenvalue weighted by Gasteiger charge is 2.32. The van der Waals surface area contributed by atoms with Gasteiger partial charge in [-0.15, -0.1) is 0 Å². The molecule has 0 saturated heterocycles. The number of aliphatic hydroxyl groups excluding tert-OH is 3. The van der Waals surface area contributed by atoms with Crippen molar-refractivity contribution in [2.75, 3.05) is 26.3 Å². The average molecular weight is 765 g/mol. The van der Waals surface area contributed by atoms with Gasteiger partial charge in [-0.2, -0.15) is 0 Å². The summed E-state index contributed by atoms with van der Waals surface area (Å²) in [4.78, 5) is 113. The van der Waals surface area contributed by atoms with Crippen LogP contribution >= 0.6 is 0 Å². The van der Waals surface area contributed by atoms with Crippen molar-refractivity contribution in [2.24, 2.45) is 22.2 Å². The molecule has 0 aliphatic rings. The number of rotatable bonds is 26. The van der Waals surface area contributed by atoms with Gasteiger partial charge in [0, 0.05) is 19.4 Å². The fourth-order valence-corrected chi connectivity index (χ4v) is 4.06. The highest BCUT2D eigenvalue weighted by Crippen LogP contribution is 2.04. The van der Waals surface area contributed by atoms with E-state index in [1.807, 2.05) is 5.32 Å². The van der Waals surface area contributed by atoms with Crippen molar-refractivity contribution >= 4 is 59.3 Å². The van der Waals surface area contributed by atoms with Crippen molar-refractivity contribution in [2.45, 2.75) is 87.8 Å². The fourth-order valence-electron chi connectivity index (χ4n) is 4.06. The molecule has 0 aliphatic heterocycles. The maximum absolute atomic E-state index is 13.1. The van der Waals surface area contributed by atoms with E-state index < -0.39 is 141 Å². The highest BCUT2D eigenvalue weighted by atomic mass is 16.4. The Morgan fingerprint density at radius 1 is 0.623 bits per heavy atom. The van der Waals surface area contributed by atoms with Gasteiger partial charge >= 0.3 is 17.9 Å². The first-order chi connectivity index (χ1) is 24.7. The zero-order valence-electron chi connectivity index (χ0n) is 28.6. The SMILES string of the molecule is C[C@@H](O)[C@H](N)C(=O)N[C@@H](CCC(=O)O)C(=O)N[C@@H](CO)C(=O)N[C@@H](CCCN=C(N)N)C(=O)NCC(=O)N[C@@H](CO)C(=O)N[C@@H](CCC(=O)O)C(=O)O. The van der Waals surface area contributed by atoms with Crippen LogP contribution in [0.2, 0.25) is 0 Å². The van der Waals surface area contributed by atoms with Crippen LogP contribution in [-0.2, 0) is 43.2 Å². The normalized spacial score (nSPS) is 14.7. The number of nitrogens with one attached hydrogen (secondary N) is 6. The number of hydrogen-bond donors (Lipinski definition) is 15. The average Bonchev–Trinajstić information content (AvgIpc) is 3.08. The molecular formula is C28H48N10O15. The summed E-state index contributed by atoms with van der Waals surface area (Å²) in [6.07, 6.45) is -3.70. The van der Waals surface area contributed by atoms with Gasteiger partial charge in [0.15, 0.2) is 5.96 Å². The molecule has 0 aromatic heterocycles. The summed E-state index contributed by atoms with van der Waals surface area (Å²) in [5.41, 5.74) is 16.1. The second-order valence-electron chi connectivity index (χ2n) is 11.4. The van der Waals surface area contributed by atoms with Crippen molar-refractivity contribution in [3.8, 4) is 0 Å². The van der Waals surface area contributed by atoms with Crippen LogP contribution in [0.15, 0.2) is 4.99 Å². The predicted octanol–water partition coefficient (Wildman–Crippen LogP) is -7.91. The topological polar surface area (TPSA) is 438 Å². The third kappa shape index (κ3) is 19.5. The minimum Gasteiger partial charge on any atom is -0.481 e. The van der Waals surface area contributed by atoms with Crippen LogP contribution in [0.25, 0.3) is 0 Å². The Hall–Kier alpha value is -5.66. The summed E-state index contributed by atoms with van der Waals surface area (Å²) >= 11 is 0. The van der Waals surface area contributed by atoms with Crippen LogP contribution in [0, 0.1) is 0 Å². The van der Waals surface area contributed by atoms with E-state index in [1.54, 1.807) is 0 Å². The zero-order valence-corrected chi connectivity index (χ0v) is 28.6. The van der Waals surface area contributed by atoms with E-state index in [0.717, 1.165) is 0 Å². The molecule has 0 bridgehead atoms. The molecule has 0 fully saturated rings. The van der Waals surface area contributed by atoms with Gasteiger partial charge in [0.25, 0.3) is 0 Å². The van der Waals surface area contributed by atoms with Crippen molar-refractivity contribution in [1.82, 2.24) is 31.9 Å². The lowest BCUT2D eigenvalue weighted by Crippen LogP contribution is -2.59. The van der Waals surface area contributed by atoms with Crippen LogP contribution in [-0.4, -0.2) is 159 Å². The number of aliphatic hydroxyl groups is 3. The number of carboxylic acids is 3. The van der Waals surface area contributed by atoms with E-state index in [2.05, 4.69) is 31.6 Å². The standard InChI is InChI=1S/C28H48N10O15/c1-12(41)21(29)26(51)36-14(4-6-19(43)44)23(48)38-17(11-40)25(50)35-13(3-2-8-32-28(30)31)22(47)33-9-18(42)34-16(10-39)24(49)37-15(27(52)53)5-7-20(45)46/h12-17,21,39-41H,2-11,29H2,1H3,(H,33,47)(H,34,42)(H,35,50)(H,36,51)(H,37,49)(H,38,48)(H,43,44)(H,45,46)(H,52,53)(H4,30,31,32)/t12-,13+,14+,15+,16+,17+,21+/m1/s1. The van der Waals surface area contributed by atoms with Crippen LogP contribution in [0.5, 0.6) is 0 Å². The Labute approximate surface area is 301 Å². The molecule has 0 saturated carbocycles. The maximum atomic E-state index is 13.1. The lowest BCUT2D eigenvalue weighted by atomic mass is 10.1. The Morgan fingerprint density at radius 2 is 1.06 bits per heavy atom.